The van der Waals surface area contributed by atoms with E-state index >= 15 is 0 Å². The molecular weight excluding hydrogens is 224 g/mol. The maximum absolute atomic E-state index is 5.26. The predicted molar refractivity (Wildman–Crippen MR) is 75.9 cm³/mol. The number of piperidine rings is 1. The Bertz CT molecular complexity index is 223. The van der Waals surface area contributed by atoms with Crippen molar-refractivity contribution in [2.45, 2.75) is 57.5 Å². The number of methoxy groups -OCH3 is 1. The van der Waals surface area contributed by atoms with Gasteiger partial charge >= 0.3 is 0 Å². The van der Waals surface area contributed by atoms with Gasteiger partial charge in [0, 0.05) is 25.8 Å². The number of nitrogens with zero attached hydrogens (tertiary/aromatic N) is 1. The molecule has 1 heterocycles. The van der Waals surface area contributed by atoms with Crippen molar-refractivity contribution in [2.24, 2.45) is 5.92 Å². The monoisotopic (exact) mass is 254 g/mol. The normalized spacial score (nSPS) is 24.3. The number of nitrogens with one attached hydrogen (secondary N) is 1. The van der Waals surface area contributed by atoms with Gasteiger partial charge in [-0.1, -0.05) is 0 Å². The van der Waals surface area contributed by atoms with Crippen molar-refractivity contribution < 1.29 is 4.74 Å². The highest BCUT2D eigenvalue weighted by atomic mass is 16.5. The first-order valence-corrected chi connectivity index (χ1v) is 7.76. The topological polar surface area (TPSA) is 24.5 Å². The van der Waals surface area contributed by atoms with Crippen molar-refractivity contribution in [1.29, 1.82) is 0 Å². The molecule has 2 rings (SSSR count). The SMILES string of the molecule is COCC1CCN(C(C)CCCNC2CC2)CC1. The van der Waals surface area contributed by atoms with Crippen molar-refractivity contribution in [2.75, 3.05) is 33.4 Å². The molecule has 0 amide bonds. The molecule has 106 valence electrons. The van der Waals surface area contributed by atoms with Gasteiger partial charge in [0.2, 0.25) is 0 Å². The minimum Gasteiger partial charge on any atom is -0.384 e. The molecule has 1 atom stereocenters. The Labute approximate surface area is 112 Å². The molecule has 1 saturated carbocycles. The fourth-order valence-corrected chi connectivity index (χ4v) is 2.97. The zero-order valence-electron chi connectivity index (χ0n) is 12.2. The van der Waals surface area contributed by atoms with Crippen molar-refractivity contribution in [1.82, 2.24) is 10.2 Å². The largest absolute Gasteiger partial charge is 0.384 e. The molecule has 0 spiro atoms. The average Bonchev–Trinajstić information content (AvgIpc) is 3.20. The maximum atomic E-state index is 5.26. The second kappa shape index (κ2) is 7.46. The van der Waals surface area contributed by atoms with Gasteiger partial charge in [-0.15, -0.1) is 0 Å². The third-order valence-electron chi connectivity index (χ3n) is 4.48. The predicted octanol–water partition coefficient (Wildman–Crippen LogP) is 2.27. The van der Waals surface area contributed by atoms with E-state index in [2.05, 4.69) is 17.1 Å². The molecule has 1 saturated heterocycles. The van der Waals surface area contributed by atoms with Gasteiger partial charge in [-0.3, -0.25) is 0 Å². The van der Waals surface area contributed by atoms with Gasteiger partial charge in [-0.2, -0.15) is 0 Å². The number of hydrogen-bond acceptors (Lipinski definition) is 3. The van der Waals surface area contributed by atoms with E-state index in [1.165, 1.54) is 58.2 Å². The zero-order valence-corrected chi connectivity index (χ0v) is 12.2. The van der Waals surface area contributed by atoms with E-state index in [0.717, 1.165) is 24.6 Å². The van der Waals surface area contributed by atoms with E-state index < -0.39 is 0 Å². The lowest BCUT2D eigenvalue weighted by molar-refractivity contribution is 0.0809. The van der Waals surface area contributed by atoms with Crippen molar-refractivity contribution in [3.8, 4) is 0 Å². The van der Waals surface area contributed by atoms with Crippen LogP contribution in [0.25, 0.3) is 0 Å². The molecule has 3 heteroatoms. The molecule has 1 aliphatic heterocycles. The third-order valence-corrected chi connectivity index (χ3v) is 4.48. The summed E-state index contributed by atoms with van der Waals surface area (Å²) >= 11 is 0. The van der Waals surface area contributed by atoms with Gasteiger partial charge in [0.25, 0.3) is 0 Å². The molecular formula is C15H30N2O. The molecule has 18 heavy (non-hydrogen) atoms. The summed E-state index contributed by atoms with van der Waals surface area (Å²) in [6, 6.07) is 1.62. The van der Waals surface area contributed by atoms with Crippen LogP contribution < -0.4 is 5.32 Å². The summed E-state index contributed by atoms with van der Waals surface area (Å²) in [5.41, 5.74) is 0. The molecule has 1 unspecified atom stereocenters. The van der Waals surface area contributed by atoms with Crippen LogP contribution in [-0.4, -0.2) is 50.3 Å². The smallest absolute Gasteiger partial charge is 0.0491 e. The molecule has 1 aliphatic carbocycles. The van der Waals surface area contributed by atoms with E-state index in [0.29, 0.717) is 0 Å². The summed E-state index contributed by atoms with van der Waals surface area (Å²) in [5, 5.41) is 3.60. The summed E-state index contributed by atoms with van der Waals surface area (Å²) in [4.78, 5) is 2.67. The van der Waals surface area contributed by atoms with Crippen LogP contribution in [0.5, 0.6) is 0 Å². The molecule has 0 aromatic rings. The van der Waals surface area contributed by atoms with E-state index in [1.807, 2.05) is 7.11 Å². The fraction of sp³-hybridized carbons (Fsp3) is 1.00. The van der Waals surface area contributed by atoms with Crippen LogP contribution in [0.4, 0.5) is 0 Å². The molecule has 2 fully saturated rings. The average molecular weight is 254 g/mol. The molecule has 1 N–H and O–H groups in total. The van der Waals surface area contributed by atoms with Crippen LogP contribution in [0, 0.1) is 5.92 Å². The number of hydrogen-bond donors (Lipinski definition) is 1. The Balaban J connectivity index is 1.53. The number of rotatable bonds is 8. The molecule has 3 nitrogen and oxygen atoms in total. The van der Waals surface area contributed by atoms with Crippen molar-refractivity contribution in [3.63, 3.8) is 0 Å². The number of ether oxygens (including phenoxy) is 1. The molecule has 0 radical (unpaired) electrons. The molecule has 2 aliphatic rings. The lowest BCUT2D eigenvalue weighted by Crippen LogP contribution is -2.41. The lowest BCUT2D eigenvalue weighted by Gasteiger charge is -2.36. The lowest BCUT2D eigenvalue weighted by atomic mass is 9.96. The van der Waals surface area contributed by atoms with Crippen LogP contribution in [0.15, 0.2) is 0 Å². The highest BCUT2D eigenvalue weighted by Gasteiger charge is 2.23. The minimum absolute atomic E-state index is 0.759. The Morgan fingerprint density at radius 2 is 1.94 bits per heavy atom. The first kappa shape index (κ1) is 14.3. The molecule has 0 bridgehead atoms. The van der Waals surface area contributed by atoms with Crippen LogP contribution >= 0.6 is 0 Å². The van der Waals surface area contributed by atoms with E-state index in [-0.39, 0.29) is 0 Å². The van der Waals surface area contributed by atoms with Gasteiger partial charge in [-0.05, 0) is 71.0 Å². The zero-order chi connectivity index (χ0) is 12.8. The summed E-state index contributed by atoms with van der Waals surface area (Å²) in [7, 11) is 1.82. The quantitative estimate of drug-likeness (QED) is 0.673. The summed E-state index contributed by atoms with van der Waals surface area (Å²) in [6.07, 6.45) is 8.12. The van der Waals surface area contributed by atoms with Crippen LogP contribution in [0.2, 0.25) is 0 Å². The highest BCUT2D eigenvalue weighted by Crippen LogP contribution is 2.21. The van der Waals surface area contributed by atoms with Gasteiger partial charge in [0.05, 0.1) is 0 Å². The van der Waals surface area contributed by atoms with Crippen molar-refractivity contribution in [3.05, 3.63) is 0 Å². The van der Waals surface area contributed by atoms with E-state index in [1.54, 1.807) is 0 Å². The third kappa shape index (κ3) is 4.87. The van der Waals surface area contributed by atoms with Gasteiger partial charge in [-0.25, -0.2) is 0 Å². The first-order chi connectivity index (χ1) is 8.79. The Morgan fingerprint density at radius 3 is 2.56 bits per heavy atom. The summed E-state index contributed by atoms with van der Waals surface area (Å²) in [5.74, 6) is 0.801. The maximum Gasteiger partial charge on any atom is 0.0491 e. The Morgan fingerprint density at radius 1 is 1.22 bits per heavy atom. The molecule has 0 aromatic heterocycles. The van der Waals surface area contributed by atoms with Crippen LogP contribution in [0.1, 0.15) is 45.4 Å². The molecule has 0 aromatic carbocycles. The van der Waals surface area contributed by atoms with Crippen molar-refractivity contribution >= 4 is 0 Å². The Hall–Kier alpha value is -0.120. The first-order valence-electron chi connectivity index (χ1n) is 7.76. The number of likely N-dealkylation sites (tertiary alicyclic amines) is 1. The summed E-state index contributed by atoms with van der Waals surface area (Å²) in [6.45, 7) is 7.10. The fourth-order valence-electron chi connectivity index (χ4n) is 2.97. The minimum atomic E-state index is 0.759. The second-order valence-electron chi connectivity index (χ2n) is 6.15. The van der Waals surface area contributed by atoms with Gasteiger partial charge < -0.3 is 15.0 Å². The summed E-state index contributed by atoms with van der Waals surface area (Å²) < 4.78 is 5.26. The second-order valence-corrected chi connectivity index (χ2v) is 6.15. The van der Waals surface area contributed by atoms with Gasteiger partial charge in [0.15, 0.2) is 0 Å². The van der Waals surface area contributed by atoms with E-state index in [9.17, 15) is 0 Å². The van der Waals surface area contributed by atoms with E-state index in [4.69, 9.17) is 4.74 Å². The standard InChI is InChI=1S/C15H30N2O/c1-13(4-3-9-16-15-5-6-15)17-10-7-14(8-11-17)12-18-2/h13-16H,3-12H2,1-2H3. The van der Waals surface area contributed by atoms with Crippen LogP contribution in [0.3, 0.4) is 0 Å². The van der Waals surface area contributed by atoms with Gasteiger partial charge in [0.1, 0.15) is 0 Å². The van der Waals surface area contributed by atoms with Crippen LogP contribution in [-0.2, 0) is 4.74 Å². The highest BCUT2D eigenvalue weighted by molar-refractivity contribution is 4.81. The Kier molecular flexibility index (Phi) is 5.93.